The molecule has 0 aliphatic rings. The highest BCUT2D eigenvalue weighted by molar-refractivity contribution is 8.06. The van der Waals surface area contributed by atoms with Crippen molar-refractivity contribution in [2.24, 2.45) is 0 Å². The first kappa shape index (κ1) is 10.1. The Kier molecular flexibility index (Phi) is 4.08. The Morgan fingerprint density at radius 1 is 1.25 bits per heavy atom. The normalized spacial score (nSPS) is 12.2. The summed E-state index contributed by atoms with van der Waals surface area (Å²) in [7, 11) is 0. The molecule has 1 aromatic rings. The smallest absolute Gasteiger partial charge is 0.0734 e. The van der Waals surface area contributed by atoms with E-state index < -0.39 is 6.63 Å². The van der Waals surface area contributed by atoms with Gasteiger partial charge >= 0.3 is 0 Å². The highest BCUT2D eigenvalue weighted by Crippen LogP contribution is 2.49. The van der Waals surface area contributed by atoms with Crippen molar-refractivity contribution in [2.75, 3.05) is 0 Å². The summed E-state index contributed by atoms with van der Waals surface area (Å²) in [6.45, 7) is 1.03. The van der Waals surface area contributed by atoms with Crippen LogP contribution in [-0.2, 0) is 0 Å². The van der Waals surface area contributed by atoms with E-state index in [-0.39, 0.29) is 0 Å². The van der Waals surface area contributed by atoms with Gasteiger partial charge in [0.2, 0.25) is 0 Å². The van der Waals surface area contributed by atoms with Gasteiger partial charge in [-0.15, -0.1) is 0 Å². The largest absolute Gasteiger partial charge is 0.109 e. The molecule has 0 amide bonds. The van der Waals surface area contributed by atoms with Crippen LogP contribution in [0, 0.1) is 0 Å². The summed E-state index contributed by atoms with van der Waals surface area (Å²) in [5.74, 6) is 1.88. The minimum Gasteiger partial charge on any atom is -0.0734 e. The lowest BCUT2D eigenvalue weighted by Gasteiger charge is -2.00. The summed E-state index contributed by atoms with van der Waals surface area (Å²) in [6.07, 6.45) is 0. The first-order chi connectivity index (χ1) is 5.70. The molecule has 0 radical (unpaired) electrons. The Morgan fingerprint density at radius 3 is 2.33 bits per heavy atom. The number of hydrogen-bond acceptors (Lipinski definition) is 0. The maximum Gasteiger partial charge on any atom is 0.109 e. The Morgan fingerprint density at radius 2 is 1.83 bits per heavy atom. The van der Waals surface area contributed by atoms with Gasteiger partial charge in [-0.2, -0.15) is 0 Å². The Labute approximate surface area is 83.5 Å². The number of halogens is 2. The first-order valence-corrected chi connectivity index (χ1v) is 6.77. The summed E-state index contributed by atoms with van der Waals surface area (Å²) in [4.78, 5) is 0. The number of allylic oxidation sites excluding steroid dienone is 1. The number of rotatable bonds is 2. The van der Waals surface area contributed by atoms with Crippen molar-refractivity contribution >= 4 is 34.7 Å². The average Bonchev–Trinajstić information content (AvgIpc) is 2.05. The van der Waals surface area contributed by atoms with Crippen molar-refractivity contribution in [2.45, 2.75) is 6.92 Å². The third-order valence-corrected chi connectivity index (χ3v) is 2.69. The second-order valence-corrected chi connectivity index (χ2v) is 5.92. The highest BCUT2D eigenvalue weighted by atomic mass is 35.9. The van der Waals surface area contributed by atoms with Gasteiger partial charge in [0.1, 0.15) is 6.63 Å². The van der Waals surface area contributed by atoms with Gasteiger partial charge in [0.25, 0.3) is 0 Å². The van der Waals surface area contributed by atoms with E-state index in [9.17, 15) is 0 Å². The molecule has 0 atom stereocenters. The Bertz CT molecular complexity index is 267. The molecule has 0 bridgehead atoms. The van der Waals surface area contributed by atoms with Gasteiger partial charge in [0.15, 0.2) is 0 Å². The molecule has 0 unspecified atom stereocenters. The molecular weight excluding hydrogens is 210 g/mol. The van der Waals surface area contributed by atoms with Crippen LogP contribution < -0.4 is 0 Å². The predicted octanol–water partition coefficient (Wildman–Crippen LogP) is 4.84. The monoisotopic (exact) mass is 218 g/mol. The van der Waals surface area contributed by atoms with Crippen molar-refractivity contribution in [1.29, 1.82) is 0 Å². The van der Waals surface area contributed by atoms with Crippen LogP contribution in [0.15, 0.2) is 36.1 Å². The van der Waals surface area contributed by atoms with E-state index in [1.54, 1.807) is 0 Å². The van der Waals surface area contributed by atoms with E-state index in [1.165, 1.54) is 5.56 Å². The molecule has 0 spiro atoms. The van der Waals surface area contributed by atoms with Gasteiger partial charge < -0.3 is 0 Å². The minimum atomic E-state index is -0.981. The van der Waals surface area contributed by atoms with Gasteiger partial charge in [0, 0.05) is 0 Å². The molecule has 0 aromatic heterocycles. The van der Waals surface area contributed by atoms with Gasteiger partial charge in [-0.05, 0) is 23.9 Å². The lowest BCUT2D eigenvalue weighted by molar-refractivity contribution is 1.58. The van der Waals surface area contributed by atoms with Crippen LogP contribution in [0.25, 0.3) is 5.57 Å². The Balaban J connectivity index is 2.85. The SMILES string of the molecule is C/C(=C\P(Cl)Cl)c1ccccc1. The maximum atomic E-state index is 5.68. The number of hydrogen-bond donors (Lipinski definition) is 0. The zero-order chi connectivity index (χ0) is 8.97. The summed E-state index contributed by atoms with van der Waals surface area (Å²) >= 11 is 11.4. The fourth-order valence-electron chi connectivity index (χ4n) is 0.922. The minimum absolute atomic E-state index is 0.981. The van der Waals surface area contributed by atoms with Crippen molar-refractivity contribution in [3.8, 4) is 0 Å². The summed E-state index contributed by atoms with van der Waals surface area (Å²) in [5.41, 5.74) is 2.30. The van der Waals surface area contributed by atoms with Crippen LogP contribution in [0.1, 0.15) is 12.5 Å². The van der Waals surface area contributed by atoms with Gasteiger partial charge in [-0.3, -0.25) is 0 Å². The van der Waals surface area contributed by atoms with Gasteiger partial charge in [-0.1, -0.05) is 52.8 Å². The summed E-state index contributed by atoms with van der Waals surface area (Å²) in [6, 6.07) is 10.1. The molecule has 0 heterocycles. The zero-order valence-electron chi connectivity index (χ0n) is 6.67. The quantitative estimate of drug-likeness (QED) is 0.624. The second-order valence-electron chi connectivity index (χ2n) is 2.44. The van der Waals surface area contributed by atoms with E-state index in [0.717, 1.165) is 5.57 Å². The molecule has 1 rings (SSSR count). The van der Waals surface area contributed by atoms with Crippen LogP contribution in [0.3, 0.4) is 0 Å². The fraction of sp³-hybridized carbons (Fsp3) is 0.111. The van der Waals surface area contributed by atoms with E-state index in [1.807, 2.05) is 43.1 Å². The van der Waals surface area contributed by atoms with Crippen molar-refractivity contribution in [3.05, 3.63) is 41.7 Å². The van der Waals surface area contributed by atoms with E-state index in [2.05, 4.69) is 0 Å². The van der Waals surface area contributed by atoms with E-state index in [0.29, 0.717) is 0 Å². The first-order valence-electron chi connectivity index (χ1n) is 3.55. The van der Waals surface area contributed by atoms with E-state index in [4.69, 9.17) is 22.5 Å². The molecular formula is C9H9Cl2P. The molecule has 0 nitrogen and oxygen atoms in total. The van der Waals surface area contributed by atoms with Crippen molar-refractivity contribution in [3.63, 3.8) is 0 Å². The zero-order valence-corrected chi connectivity index (χ0v) is 9.07. The van der Waals surface area contributed by atoms with Crippen LogP contribution in [0.4, 0.5) is 0 Å². The molecule has 0 N–H and O–H groups in total. The fourth-order valence-corrected chi connectivity index (χ4v) is 2.24. The standard InChI is InChI=1S/C9H9Cl2P/c1-8(7-12(10)11)9-5-3-2-4-6-9/h2-7H,1H3/b8-7+. The van der Waals surface area contributed by atoms with Crippen molar-refractivity contribution in [1.82, 2.24) is 0 Å². The van der Waals surface area contributed by atoms with E-state index >= 15 is 0 Å². The van der Waals surface area contributed by atoms with Gasteiger partial charge in [0.05, 0.1) is 0 Å². The third-order valence-electron chi connectivity index (χ3n) is 1.52. The molecule has 0 fully saturated rings. The Hall–Kier alpha value is -0.0300. The molecule has 0 saturated heterocycles. The molecule has 0 aliphatic carbocycles. The molecule has 0 aliphatic heterocycles. The summed E-state index contributed by atoms with van der Waals surface area (Å²) < 4.78 is 0. The second kappa shape index (κ2) is 4.87. The predicted molar refractivity (Wildman–Crippen MR) is 58.7 cm³/mol. The molecule has 64 valence electrons. The molecule has 0 saturated carbocycles. The van der Waals surface area contributed by atoms with Crippen molar-refractivity contribution < 1.29 is 0 Å². The topological polar surface area (TPSA) is 0 Å². The average molecular weight is 219 g/mol. The highest BCUT2D eigenvalue weighted by Gasteiger charge is 1.97. The lowest BCUT2D eigenvalue weighted by atomic mass is 10.1. The van der Waals surface area contributed by atoms with Crippen LogP contribution >= 0.6 is 29.1 Å². The van der Waals surface area contributed by atoms with Crippen LogP contribution in [0.2, 0.25) is 0 Å². The van der Waals surface area contributed by atoms with Crippen LogP contribution in [0.5, 0.6) is 0 Å². The molecule has 1 aromatic carbocycles. The van der Waals surface area contributed by atoms with Crippen LogP contribution in [-0.4, -0.2) is 0 Å². The lowest BCUT2D eigenvalue weighted by Crippen LogP contribution is -1.75. The maximum absolute atomic E-state index is 5.68. The third kappa shape index (κ3) is 3.15. The number of benzene rings is 1. The summed E-state index contributed by atoms with van der Waals surface area (Å²) in [5, 5.41) is 0. The molecule has 12 heavy (non-hydrogen) atoms. The molecule has 3 heteroatoms. The van der Waals surface area contributed by atoms with Gasteiger partial charge in [-0.25, -0.2) is 0 Å².